The third kappa shape index (κ3) is 2.85. The van der Waals surface area contributed by atoms with Gasteiger partial charge in [-0.25, -0.2) is 0 Å². The topological polar surface area (TPSA) is 58.9 Å². The van der Waals surface area contributed by atoms with Crippen molar-refractivity contribution in [2.75, 3.05) is 6.79 Å². The molecule has 0 atom stereocenters. The van der Waals surface area contributed by atoms with E-state index in [1.165, 1.54) is 6.07 Å². The van der Waals surface area contributed by atoms with E-state index in [1.54, 1.807) is 18.2 Å². The van der Waals surface area contributed by atoms with Gasteiger partial charge in [0.2, 0.25) is 6.79 Å². The first-order valence-corrected chi connectivity index (χ1v) is 5.50. The Bertz CT molecular complexity index is 516. The lowest BCUT2D eigenvalue weighted by atomic mass is 10.2. The van der Waals surface area contributed by atoms with E-state index in [4.69, 9.17) is 19.7 Å². The van der Waals surface area contributed by atoms with Crippen LogP contribution >= 0.6 is 0 Å². The van der Waals surface area contributed by atoms with Gasteiger partial charge in [0.1, 0.15) is 11.5 Å². The molecular formula is C14H14O4. The number of ether oxygens (including phenoxy) is 2. The van der Waals surface area contributed by atoms with Crippen molar-refractivity contribution in [3.8, 4) is 23.0 Å². The molecule has 4 heteroatoms. The largest absolute Gasteiger partial charge is 0.508 e. The van der Waals surface area contributed by atoms with Crippen molar-refractivity contribution >= 4 is 0 Å². The van der Waals surface area contributed by atoms with Gasteiger partial charge in [0.15, 0.2) is 11.5 Å². The van der Waals surface area contributed by atoms with Gasteiger partial charge in [0, 0.05) is 6.07 Å². The number of aryl methyl sites for hydroxylation is 1. The minimum absolute atomic E-state index is 0.198. The predicted molar refractivity (Wildman–Crippen MR) is 67.1 cm³/mol. The van der Waals surface area contributed by atoms with Gasteiger partial charge in [-0.15, -0.1) is 0 Å². The lowest BCUT2D eigenvalue weighted by Crippen LogP contribution is -1.92. The number of phenols is 2. The lowest BCUT2D eigenvalue weighted by Gasteiger charge is -1.93. The molecule has 0 fully saturated rings. The summed E-state index contributed by atoms with van der Waals surface area (Å²) in [6.45, 7) is 2.12. The van der Waals surface area contributed by atoms with Crippen molar-refractivity contribution in [2.24, 2.45) is 0 Å². The standard InChI is InChI=1S/C7H6O3.C7H8O/c8-5-1-2-6-7(3-5)10-4-9-6;1-6-4-2-3-5-7(6)8/h1-3,8H,4H2;2-5,8H,1H3. The van der Waals surface area contributed by atoms with E-state index in [2.05, 4.69) is 0 Å². The monoisotopic (exact) mass is 246 g/mol. The Balaban J connectivity index is 0.000000138. The number of hydrogen-bond acceptors (Lipinski definition) is 4. The number of para-hydroxylation sites is 1. The van der Waals surface area contributed by atoms with Gasteiger partial charge in [-0.3, -0.25) is 0 Å². The van der Waals surface area contributed by atoms with Crippen molar-refractivity contribution in [2.45, 2.75) is 6.92 Å². The van der Waals surface area contributed by atoms with E-state index >= 15 is 0 Å². The molecule has 0 amide bonds. The molecule has 1 aliphatic heterocycles. The maximum absolute atomic E-state index is 8.96. The van der Waals surface area contributed by atoms with Crippen LogP contribution in [0.15, 0.2) is 42.5 Å². The average Bonchev–Trinajstić information content (AvgIpc) is 2.81. The van der Waals surface area contributed by atoms with Crippen LogP contribution < -0.4 is 9.47 Å². The van der Waals surface area contributed by atoms with Crippen LogP contribution in [0.5, 0.6) is 23.0 Å². The number of benzene rings is 2. The maximum Gasteiger partial charge on any atom is 0.231 e. The highest BCUT2D eigenvalue weighted by Crippen LogP contribution is 2.34. The second-order valence-electron chi connectivity index (χ2n) is 3.82. The highest BCUT2D eigenvalue weighted by molar-refractivity contribution is 5.46. The van der Waals surface area contributed by atoms with Gasteiger partial charge in [0.25, 0.3) is 0 Å². The van der Waals surface area contributed by atoms with Crippen LogP contribution in [-0.2, 0) is 0 Å². The third-order valence-electron chi connectivity index (χ3n) is 2.47. The van der Waals surface area contributed by atoms with Crippen molar-refractivity contribution in [3.63, 3.8) is 0 Å². The molecule has 0 saturated carbocycles. The Morgan fingerprint density at radius 2 is 1.67 bits per heavy atom. The van der Waals surface area contributed by atoms with Gasteiger partial charge < -0.3 is 19.7 Å². The van der Waals surface area contributed by atoms with Crippen molar-refractivity contribution in [1.82, 2.24) is 0 Å². The zero-order valence-electron chi connectivity index (χ0n) is 9.96. The summed E-state index contributed by atoms with van der Waals surface area (Å²) in [7, 11) is 0. The summed E-state index contributed by atoms with van der Waals surface area (Å²) in [5.41, 5.74) is 0.924. The second kappa shape index (κ2) is 5.31. The zero-order chi connectivity index (χ0) is 13.0. The molecular weight excluding hydrogens is 232 g/mol. The van der Waals surface area contributed by atoms with Crippen LogP contribution in [0.25, 0.3) is 0 Å². The first-order chi connectivity index (χ1) is 8.66. The summed E-state index contributed by atoms with van der Waals surface area (Å²) in [6, 6.07) is 12.0. The third-order valence-corrected chi connectivity index (χ3v) is 2.47. The van der Waals surface area contributed by atoms with Crippen molar-refractivity contribution in [1.29, 1.82) is 0 Å². The van der Waals surface area contributed by atoms with Crippen molar-refractivity contribution < 1.29 is 19.7 Å². The van der Waals surface area contributed by atoms with Gasteiger partial charge in [0.05, 0.1) is 0 Å². The molecule has 1 heterocycles. The number of phenolic OH excluding ortho intramolecular Hbond substituents is 2. The lowest BCUT2D eigenvalue weighted by molar-refractivity contribution is 0.174. The predicted octanol–water partition coefficient (Wildman–Crippen LogP) is 2.82. The number of fused-ring (bicyclic) bond motifs is 1. The first kappa shape index (κ1) is 12.1. The van der Waals surface area contributed by atoms with Crippen LogP contribution in [0, 0.1) is 6.92 Å². The van der Waals surface area contributed by atoms with Crippen LogP contribution in [0.3, 0.4) is 0 Å². The number of aromatic hydroxyl groups is 2. The maximum atomic E-state index is 8.96. The van der Waals surface area contributed by atoms with E-state index < -0.39 is 0 Å². The fourth-order valence-corrected chi connectivity index (χ4v) is 1.45. The molecule has 1 aliphatic rings. The molecule has 4 nitrogen and oxygen atoms in total. The van der Waals surface area contributed by atoms with Crippen LogP contribution in [0.1, 0.15) is 5.56 Å². The normalized spacial score (nSPS) is 11.6. The Hall–Kier alpha value is -2.36. The van der Waals surface area contributed by atoms with Crippen molar-refractivity contribution in [3.05, 3.63) is 48.0 Å². The molecule has 2 aromatic carbocycles. The van der Waals surface area contributed by atoms with E-state index in [-0.39, 0.29) is 12.5 Å². The molecule has 2 N–H and O–H groups in total. The summed E-state index contributed by atoms with van der Waals surface area (Å²) in [4.78, 5) is 0. The molecule has 0 unspecified atom stereocenters. The highest BCUT2D eigenvalue weighted by atomic mass is 16.7. The molecule has 94 valence electrons. The Morgan fingerprint density at radius 3 is 2.33 bits per heavy atom. The Kier molecular flexibility index (Phi) is 3.57. The number of rotatable bonds is 0. The fraction of sp³-hybridized carbons (Fsp3) is 0.143. The summed E-state index contributed by atoms with van der Waals surface area (Å²) in [5, 5.41) is 17.9. The molecule has 0 saturated heterocycles. The molecule has 2 aromatic rings. The molecule has 18 heavy (non-hydrogen) atoms. The Labute approximate surface area is 105 Å². The minimum atomic E-state index is 0.198. The molecule has 0 aliphatic carbocycles. The highest BCUT2D eigenvalue weighted by Gasteiger charge is 2.12. The summed E-state index contributed by atoms with van der Waals surface area (Å²) < 4.78 is 10.0. The smallest absolute Gasteiger partial charge is 0.231 e. The zero-order valence-corrected chi connectivity index (χ0v) is 9.96. The van der Waals surface area contributed by atoms with E-state index in [0.717, 1.165) is 5.56 Å². The molecule has 0 bridgehead atoms. The molecule has 3 rings (SSSR count). The molecule has 0 spiro atoms. The van der Waals surface area contributed by atoms with Gasteiger partial charge in [-0.05, 0) is 30.7 Å². The van der Waals surface area contributed by atoms with Crippen LogP contribution in [-0.4, -0.2) is 17.0 Å². The fourth-order valence-electron chi connectivity index (χ4n) is 1.45. The quantitative estimate of drug-likeness (QED) is 0.750. The van der Waals surface area contributed by atoms with Crippen LogP contribution in [0.2, 0.25) is 0 Å². The summed E-state index contributed by atoms with van der Waals surface area (Å²) >= 11 is 0. The molecule has 0 radical (unpaired) electrons. The minimum Gasteiger partial charge on any atom is -0.508 e. The van der Waals surface area contributed by atoms with E-state index in [1.807, 2.05) is 25.1 Å². The van der Waals surface area contributed by atoms with Gasteiger partial charge >= 0.3 is 0 Å². The SMILES string of the molecule is Cc1ccccc1O.Oc1ccc2c(c1)OCO2. The summed E-state index contributed by atoms with van der Waals surface area (Å²) in [6.07, 6.45) is 0. The van der Waals surface area contributed by atoms with E-state index in [0.29, 0.717) is 17.2 Å². The first-order valence-electron chi connectivity index (χ1n) is 5.50. The molecule has 0 aromatic heterocycles. The van der Waals surface area contributed by atoms with Gasteiger partial charge in [-0.2, -0.15) is 0 Å². The number of hydrogen-bond donors (Lipinski definition) is 2. The van der Waals surface area contributed by atoms with Gasteiger partial charge in [-0.1, -0.05) is 18.2 Å². The second-order valence-corrected chi connectivity index (χ2v) is 3.82. The average molecular weight is 246 g/mol. The Morgan fingerprint density at radius 1 is 0.944 bits per heavy atom. The van der Waals surface area contributed by atoms with E-state index in [9.17, 15) is 0 Å². The summed E-state index contributed by atoms with van der Waals surface area (Å²) in [5.74, 6) is 1.87. The van der Waals surface area contributed by atoms with Crippen LogP contribution in [0.4, 0.5) is 0 Å².